The van der Waals surface area contributed by atoms with Gasteiger partial charge in [0.15, 0.2) is 15.1 Å². The minimum atomic E-state index is -3.98. The molecule has 1 unspecified atom stereocenters. The Morgan fingerprint density at radius 2 is 1.90 bits per heavy atom. The molecule has 0 saturated heterocycles. The van der Waals surface area contributed by atoms with Gasteiger partial charge >= 0.3 is 5.97 Å². The standard InChI is InChI=1S/C13H16ClFO4S/c1-8(12(16)19-13(2,3)4)20(17,18)9-5-6-11(15)10(14)7-9/h5-8H,1-4H3. The molecule has 0 amide bonds. The highest BCUT2D eigenvalue weighted by atomic mass is 35.5. The van der Waals surface area contributed by atoms with Crippen molar-refractivity contribution < 1.29 is 22.3 Å². The van der Waals surface area contributed by atoms with Crippen LogP contribution in [0.3, 0.4) is 0 Å². The second-order valence-corrected chi connectivity index (χ2v) is 7.97. The fourth-order valence-electron chi connectivity index (χ4n) is 1.37. The van der Waals surface area contributed by atoms with Gasteiger partial charge in [-0.05, 0) is 45.9 Å². The van der Waals surface area contributed by atoms with Gasteiger partial charge in [0.25, 0.3) is 0 Å². The van der Waals surface area contributed by atoms with E-state index in [1.807, 2.05) is 0 Å². The van der Waals surface area contributed by atoms with Crippen molar-refractivity contribution in [3.8, 4) is 0 Å². The highest BCUT2D eigenvalue weighted by Crippen LogP contribution is 2.24. The molecule has 20 heavy (non-hydrogen) atoms. The number of esters is 1. The number of ether oxygens (including phenoxy) is 1. The third kappa shape index (κ3) is 3.93. The molecule has 1 aromatic carbocycles. The molecule has 0 fully saturated rings. The first kappa shape index (κ1) is 16.9. The number of benzene rings is 1. The van der Waals surface area contributed by atoms with E-state index < -0.39 is 32.5 Å². The molecule has 0 bridgehead atoms. The fourth-order valence-corrected chi connectivity index (χ4v) is 2.86. The summed E-state index contributed by atoms with van der Waals surface area (Å²) in [6, 6.07) is 2.99. The average Bonchev–Trinajstić information content (AvgIpc) is 2.29. The quantitative estimate of drug-likeness (QED) is 0.634. The van der Waals surface area contributed by atoms with Crippen LogP contribution in [0.2, 0.25) is 5.02 Å². The monoisotopic (exact) mass is 322 g/mol. The van der Waals surface area contributed by atoms with Crippen LogP contribution in [0.5, 0.6) is 0 Å². The van der Waals surface area contributed by atoms with E-state index >= 15 is 0 Å². The highest BCUT2D eigenvalue weighted by Gasteiger charge is 2.33. The van der Waals surface area contributed by atoms with E-state index in [0.717, 1.165) is 18.2 Å². The zero-order valence-corrected chi connectivity index (χ0v) is 13.2. The van der Waals surface area contributed by atoms with Crippen molar-refractivity contribution in [1.29, 1.82) is 0 Å². The number of hydrogen-bond donors (Lipinski definition) is 0. The molecular weight excluding hydrogens is 307 g/mol. The van der Waals surface area contributed by atoms with Crippen molar-refractivity contribution in [2.75, 3.05) is 0 Å². The smallest absolute Gasteiger partial charge is 0.324 e. The summed E-state index contributed by atoms with van der Waals surface area (Å²) in [7, 11) is -3.98. The number of carbonyl (C=O) groups is 1. The van der Waals surface area contributed by atoms with Gasteiger partial charge in [-0.1, -0.05) is 11.6 Å². The Morgan fingerprint density at radius 1 is 1.35 bits per heavy atom. The summed E-state index contributed by atoms with van der Waals surface area (Å²) in [4.78, 5) is 11.6. The number of carbonyl (C=O) groups excluding carboxylic acids is 1. The molecule has 0 aliphatic carbocycles. The van der Waals surface area contributed by atoms with E-state index in [4.69, 9.17) is 16.3 Å². The normalized spacial score (nSPS) is 13.9. The van der Waals surface area contributed by atoms with Crippen LogP contribution in [-0.4, -0.2) is 25.2 Å². The molecule has 0 aliphatic rings. The van der Waals surface area contributed by atoms with E-state index in [1.165, 1.54) is 6.92 Å². The summed E-state index contributed by atoms with van der Waals surface area (Å²) in [5, 5.41) is -1.72. The van der Waals surface area contributed by atoms with E-state index in [2.05, 4.69) is 0 Å². The molecule has 4 nitrogen and oxygen atoms in total. The molecule has 0 radical (unpaired) electrons. The van der Waals surface area contributed by atoms with E-state index in [0.29, 0.717) is 0 Å². The van der Waals surface area contributed by atoms with Crippen molar-refractivity contribution in [3.05, 3.63) is 29.0 Å². The molecule has 0 aliphatic heterocycles. The number of rotatable bonds is 3. The molecule has 0 saturated carbocycles. The third-order valence-electron chi connectivity index (χ3n) is 2.42. The molecule has 0 spiro atoms. The Hall–Kier alpha value is -1.14. The second kappa shape index (κ2) is 5.69. The minimum absolute atomic E-state index is 0.220. The Labute approximate surface area is 122 Å². The summed E-state index contributed by atoms with van der Waals surface area (Å²) in [5.41, 5.74) is -0.790. The minimum Gasteiger partial charge on any atom is -0.459 e. The molecule has 1 aromatic rings. The second-order valence-electron chi connectivity index (χ2n) is 5.30. The zero-order valence-electron chi connectivity index (χ0n) is 11.6. The van der Waals surface area contributed by atoms with Crippen LogP contribution in [0.15, 0.2) is 23.1 Å². The highest BCUT2D eigenvalue weighted by molar-refractivity contribution is 7.92. The summed E-state index contributed by atoms with van der Waals surface area (Å²) in [6.45, 7) is 6.14. The molecule has 7 heteroatoms. The van der Waals surface area contributed by atoms with Gasteiger partial charge in [0.1, 0.15) is 11.4 Å². The van der Waals surface area contributed by atoms with Gasteiger partial charge in [-0.2, -0.15) is 0 Å². The Morgan fingerprint density at radius 3 is 2.35 bits per heavy atom. The third-order valence-corrected chi connectivity index (χ3v) is 4.75. The van der Waals surface area contributed by atoms with Crippen LogP contribution in [0.4, 0.5) is 4.39 Å². The largest absolute Gasteiger partial charge is 0.459 e. The van der Waals surface area contributed by atoms with Crippen molar-refractivity contribution in [1.82, 2.24) is 0 Å². The lowest BCUT2D eigenvalue weighted by Gasteiger charge is -2.22. The maximum absolute atomic E-state index is 13.1. The van der Waals surface area contributed by atoms with Crippen LogP contribution < -0.4 is 0 Å². The first-order valence-electron chi connectivity index (χ1n) is 5.87. The Balaban J connectivity index is 3.09. The summed E-state index contributed by atoms with van der Waals surface area (Å²) >= 11 is 5.55. The lowest BCUT2D eigenvalue weighted by atomic mass is 10.2. The van der Waals surface area contributed by atoms with Crippen molar-refractivity contribution in [2.24, 2.45) is 0 Å². The van der Waals surface area contributed by atoms with Gasteiger partial charge in [-0.15, -0.1) is 0 Å². The van der Waals surface area contributed by atoms with Crippen molar-refractivity contribution >= 4 is 27.4 Å². The zero-order chi connectivity index (χ0) is 15.7. The molecular formula is C13H16ClFO4S. The van der Waals surface area contributed by atoms with E-state index in [1.54, 1.807) is 20.8 Å². The number of hydrogen-bond acceptors (Lipinski definition) is 4. The topological polar surface area (TPSA) is 60.4 Å². The van der Waals surface area contributed by atoms with Gasteiger partial charge in [0, 0.05) is 0 Å². The molecule has 0 N–H and O–H groups in total. The predicted octanol–water partition coefficient (Wildman–Crippen LogP) is 2.98. The maximum Gasteiger partial charge on any atom is 0.324 e. The van der Waals surface area contributed by atoms with E-state index in [-0.39, 0.29) is 9.92 Å². The molecule has 1 atom stereocenters. The Kier molecular flexibility index (Phi) is 4.82. The molecule has 0 heterocycles. The van der Waals surface area contributed by atoms with Crippen molar-refractivity contribution in [2.45, 2.75) is 43.4 Å². The average molecular weight is 323 g/mol. The molecule has 0 aromatic heterocycles. The van der Waals surface area contributed by atoms with Gasteiger partial charge in [-0.3, -0.25) is 4.79 Å². The fraction of sp³-hybridized carbons (Fsp3) is 0.462. The number of halogens is 2. The van der Waals surface area contributed by atoms with Crippen LogP contribution in [0.25, 0.3) is 0 Å². The molecule has 112 valence electrons. The number of sulfone groups is 1. The lowest BCUT2D eigenvalue weighted by Crippen LogP contribution is -2.35. The maximum atomic E-state index is 13.1. The van der Waals surface area contributed by atoms with Crippen LogP contribution >= 0.6 is 11.6 Å². The predicted molar refractivity (Wildman–Crippen MR) is 73.9 cm³/mol. The van der Waals surface area contributed by atoms with Gasteiger partial charge in [0.2, 0.25) is 0 Å². The van der Waals surface area contributed by atoms with Gasteiger partial charge < -0.3 is 4.74 Å². The first-order chi connectivity index (χ1) is 8.95. The summed E-state index contributed by atoms with van der Waals surface area (Å²) < 4.78 is 42.6. The summed E-state index contributed by atoms with van der Waals surface area (Å²) in [6.07, 6.45) is 0. The summed E-state index contributed by atoms with van der Waals surface area (Å²) in [5.74, 6) is -1.59. The van der Waals surface area contributed by atoms with E-state index in [9.17, 15) is 17.6 Å². The van der Waals surface area contributed by atoms with Gasteiger partial charge in [-0.25, -0.2) is 12.8 Å². The van der Waals surface area contributed by atoms with Crippen LogP contribution in [-0.2, 0) is 19.4 Å². The Bertz CT molecular complexity index is 620. The lowest BCUT2D eigenvalue weighted by molar-refractivity contribution is -0.153. The van der Waals surface area contributed by atoms with Crippen LogP contribution in [0.1, 0.15) is 27.7 Å². The van der Waals surface area contributed by atoms with Crippen molar-refractivity contribution in [3.63, 3.8) is 0 Å². The van der Waals surface area contributed by atoms with Gasteiger partial charge in [0.05, 0.1) is 9.92 Å². The first-order valence-corrected chi connectivity index (χ1v) is 7.79. The SMILES string of the molecule is CC(C(=O)OC(C)(C)C)S(=O)(=O)c1ccc(F)c(Cl)c1. The van der Waals surface area contributed by atoms with Crippen LogP contribution in [0, 0.1) is 5.82 Å². The molecule has 1 rings (SSSR count).